The minimum Gasteiger partial charge on any atom is -0.330 e. The maximum Gasteiger partial charge on any atom is 0.127 e. The molecular formula is C60H64F4N4. The first-order valence-corrected chi connectivity index (χ1v) is 23.2. The summed E-state index contributed by atoms with van der Waals surface area (Å²) in [6.45, 7) is 2.16. The molecule has 0 radical (unpaired) electrons. The van der Waals surface area contributed by atoms with Crippen molar-refractivity contribution < 1.29 is 17.6 Å². The molecule has 0 aliphatic heterocycles. The van der Waals surface area contributed by atoms with Gasteiger partial charge in [-0.2, -0.15) is 0 Å². The third-order valence-electron chi connectivity index (χ3n) is 11.3. The molecule has 0 spiro atoms. The van der Waals surface area contributed by atoms with Gasteiger partial charge < -0.3 is 22.9 Å². The molecule has 0 fully saturated rings. The topological polar surface area (TPSA) is 104 Å². The Morgan fingerprint density at radius 3 is 1.12 bits per heavy atom. The lowest BCUT2D eigenvalue weighted by atomic mass is 9.97. The van der Waals surface area contributed by atoms with Gasteiger partial charge in [-0.1, -0.05) is 158 Å². The zero-order valence-electron chi connectivity index (χ0n) is 38.8. The van der Waals surface area contributed by atoms with Crippen LogP contribution in [-0.2, 0) is 51.4 Å². The van der Waals surface area contributed by atoms with Gasteiger partial charge in [0.15, 0.2) is 0 Å². The number of nitrogens with two attached hydrogens (primary N) is 4. The van der Waals surface area contributed by atoms with Gasteiger partial charge in [-0.15, -0.1) is 0 Å². The van der Waals surface area contributed by atoms with Crippen LogP contribution in [0, 0.1) is 23.3 Å². The van der Waals surface area contributed by atoms with Gasteiger partial charge in [0.05, 0.1) is 0 Å². The minimum absolute atomic E-state index is 0.139. The van der Waals surface area contributed by atoms with Crippen LogP contribution in [0.5, 0.6) is 0 Å². The second-order valence-electron chi connectivity index (χ2n) is 16.4. The van der Waals surface area contributed by atoms with E-state index >= 15 is 0 Å². The van der Waals surface area contributed by atoms with Crippen LogP contribution in [-0.4, -0.2) is 26.2 Å². The van der Waals surface area contributed by atoms with Crippen LogP contribution in [0.4, 0.5) is 17.6 Å². The van der Waals surface area contributed by atoms with Gasteiger partial charge in [-0.25, -0.2) is 17.6 Å². The summed E-state index contributed by atoms with van der Waals surface area (Å²) in [4.78, 5) is 0. The largest absolute Gasteiger partial charge is 0.330 e. The van der Waals surface area contributed by atoms with Crippen molar-refractivity contribution in [2.75, 3.05) is 26.2 Å². The maximum absolute atomic E-state index is 13.8. The molecule has 8 aromatic carbocycles. The third kappa shape index (κ3) is 17.5. The van der Waals surface area contributed by atoms with Crippen molar-refractivity contribution in [3.63, 3.8) is 0 Å². The summed E-state index contributed by atoms with van der Waals surface area (Å²) in [7, 11) is 0. The second kappa shape index (κ2) is 29.2. The van der Waals surface area contributed by atoms with Crippen LogP contribution in [0.3, 0.4) is 0 Å². The molecule has 0 saturated carbocycles. The van der Waals surface area contributed by atoms with E-state index in [0.717, 1.165) is 88.6 Å². The zero-order valence-corrected chi connectivity index (χ0v) is 38.8. The molecular weight excluding hydrogens is 853 g/mol. The van der Waals surface area contributed by atoms with Crippen LogP contribution in [0.25, 0.3) is 0 Å². The highest BCUT2D eigenvalue weighted by Crippen LogP contribution is 2.21. The average molecular weight is 917 g/mol. The summed E-state index contributed by atoms with van der Waals surface area (Å²) in [6, 6.07) is 60.6. The molecule has 8 aromatic rings. The predicted molar refractivity (Wildman–Crippen MR) is 274 cm³/mol. The van der Waals surface area contributed by atoms with E-state index in [4.69, 9.17) is 22.9 Å². The summed E-state index contributed by atoms with van der Waals surface area (Å²) in [5.41, 5.74) is 34.8. The molecule has 0 heterocycles. The van der Waals surface area contributed by atoms with E-state index in [1.165, 1.54) is 41.0 Å². The van der Waals surface area contributed by atoms with Crippen molar-refractivity contribution in [2.24, 2.45) is 22.9 Å². The molecule has 0 bridgehead atoms. The molecule has 4 nitrogen and oxygen atoms in total. The van der Waals surface area contributed by atoms with Crippen LogP contribution < -0.4 is 22.9 Å². The standard InChI is InChI=1S/4C15H16FN/c16-15-8-4-7-13(14(15)9-10-17)11-12-5-2-1-3-6-12;16-15-8-4-7-13(9-10-17)14(15)11-12-5-2-1-3-6-12;16-15-7-6-13(14(11-15)8-9-17)10-12-4-2-1-3-5-12;16-15-7-6-13(8-9-17)14(11-15)10-12-4-2-1-3-5-12/h2*1-8H,9-11,17H2;2*1-7,11H,8-10,17H2. The molecule has 8 N–H and O–H groups in total. The average Bonchev–Trinajstić information content (AvgIpc) is 3.35. The van der Waals surface area contributed by atoms with Crippen molar-refractivity contribution in [2.45, 2.75) is 51.4 Å². The first-order chi connectivity index (χ1) is 33.2. The Bertz CT molecular complexity index is 2620. The summed E-state index contributed by atoms with van der Waals surface area (Å²) in [6.07, 6.45) is 5.80. The SMILES string of the molecule is NCCc1c(F)cccc1Cc1ccccc1.NCCc1cc(F)ccc1Cc1ccccc1.NCCc1ccc(F)cc1Cc1ccccc1.NCCc1cccc(F)c1Cc1ccccc1. The Hall–Kier alpha value is -6.68. The second-order valence-corrected chi connectivity index (χ2v) is 16.4. The summed E-state index contributed by atoms with van der Waals surface area (Å²) >= 11 is 0. The lowest BCUT2D eigenvalue weighted by molar-refractivity contribution is 0.606. The van der Waals surface area contributed by atoms with Crippen LogP contribution >= 0.6 is 0 Å². The van der Waals surface area contributed by atoms with Crippen molar-refractivity contribution in [3.05, 3.63) is 284 Å². The lowest BCUT2D eigenvalue weighted by Crippen LogP contribution is -2.07. The Balaban J connectivity index is 0.000000169. The monoisotopic (exact) mass is 917 g/mol. The van der Waals surface area contributed by atoms with E-state index in [2.05, 4.69) is 36.4 Å². The number of hydrogen-bond donors (Lipinski definition) is 4. The first-order valence-electron chi connectivity index (χ1n) is 23.2. The molecule has 0 aromatic heterocycles. The van der Waals surface area contributed by atoms with Gasteiger partial charge in [0.25, 0.3) is 0 Å². The number of hydrogen-bond acceptors (Lipinski definition) is 4. The quantitative estimate of drug-likeness (QED) is 0.0725. The van der Waals surface area contributed by atoms with Crippen molar-refractivity contribution >= 4 is 0 Å². The molecule has 352 valence electrons. The molecule has 0 saturated heterocycles. The van der Waals surface area contributed by atoms with Crippen molar-refractivity contribution in [1.29, 1.82) is 0 Å². The molecule has 0 aliphatic rings. The fourth-order valence-corrected chi connectivity index (χ4v) is 7.95. The Labute approximate surface area is 400 Å². The molecule has 8 rings (SSSR count). The van der Waals surface area contributed by atoms with E-state index in [9.17, 15) is 17.6 Å². The van der Waals surface area contributed by atoms with Crippen molar-refractivity contribution in [1.82, 2.24) is 0 Å². The smallest absolute Gasteiger partial charge is 0.127 e. The maximum atomic E-state index is 13.8. The highest BCUT2D eigenvalue weighted by Gasteiger charge is 2.10. The number of halogens is 4. The van der Waals surface area contributed by atoms with Gasteiger partial charge in [-0.3, -0.25) is 0 Å². The fourth-order valence-electron chi connectivity index (χ4n) is 7.95. The lowest BCUT2D eigenvalue weighted by Gasteiger charge is -2.10. The van der Waals surface area contributed by atoms with Gasteiger partial charge in [0.1, 0.15) is 23.3 Å². The number of benzene rings is 8. The van der Waals surface area contributed by atoms with Gasteiger partial charge in [-0.05, 0) is 174 Å². The van der Waals surface area contributed by atoms with E-state index in [1.54, 1.807) is 24.3 Å². The van der Waals surface area contributed by atoms with E-state index < -0.39 is 0 Å². The summed E-state index contributed by atoms with van der Waals surface area (Å²) in [5, 5.41) is 0. The normalized spacial score (nSPS) is 10.5. The molecule has 68 heavy (non-hydrogen) atoms. The third-order valence-corrected chi connectivity index (χ3v) is 11.3. The first kappa shape index (κ1) is 52.3. The van der Waals surface area contributed by atoms with E-state index in [1.807, 2.05) is 109 Å². The van der Waals surface area contributed by atoms with Crippen LogP contribution in [0.15, 0.2) is 194 Å². The minimum atomic E-state index is -0.190. The highest BCUT2D eigenvalue weighted by molar-refractivity contribution is 5.37. The Morgan fingerprint density at radius 2 is 0.632 bits per heavy atom. The molecule has 0 aliphatic carbocycles. The molecule has 8 heteroatoms. The van der Waals surface area contributed by atoms with Gasteiger partial charge in [0.2, 0.25) is 0 Å². The highest BCUT2D eigenvalue weighted by atomic mass is 19.1. The number of rotatable bonds is 16. The van der Waals surface area contributed by atoms with Gasteiger partial charge in [0, 0.05) is 6.42 Å². The van der Waals surface area contributed by atoms with E-state index in [0.29, 0.717) is 39.0 Å². The Kier molecular flexibility index (Phi) is 22.4. The fraction of sp³-hybridized carbons (Fsp3) is 0.200. The molecule has 0 atom stereocenters. The molecule has 0 amide bonds. The van der Waals surface area contributed by atoms with Crippen LogP contribution in [0.1, 0.15) is 66.8 Å². The van der Waals surface area contributed by atoms with Crippen molar-refractivity contribution in [3.8, 4) is 0 Å². The van der Waals surface area contributed by atoms with E-state index in [-0.39, 0.29) is 23.3 Å². The van der Waals surface area contributed by atoms with Crippen LogP contribution in [0.2, 0.25) is 0 Å². The molecule has 0 unspecified atom stereocenters. The zero-order chi connectivity index (χ0) is 48.4. The summed E-state index contributed by atoms with van der Waals surface area (Å²) in [5.74, 6) is -0.661. The predicted octanol–water partition coefficient (Wildman–Crippen LogP) is 11.7. The van der Waals surface area contributed by atoms with Gasteiger partial charge >= 0.3 is 0 Å². The Morgan fingerprint density at radius 1 is 0.265 bits per heavy atom. The summed E-state index contributed by atoms with van der Waals surface area (Å²) < 4.78 is 53.9.